The molecule has 0 aliphatic carbocycles. The first-order chi connectivity index (χ1) is 13.7. The van der Waals surface area contributed by atoms with E-state index in [1.165, 1.54) is 11.1 Å². The maximum atomic E-state index is 5.17. The summed E-state index contributed by atoms with van der Waals surface area (Å²) < 4.78 is 0. The van der Waals surface area contributed by atoms with Crippen molar-refractivity contribution in [2.75, 3.05) is 4.90 Å². The van der Waals surface area contributed by atoms with Gasteiger partial charge < -0.3 is 0 Å². The van der Waals surface area contributed by atoms with Crippen LogP contribution in [0.3, 0.4) is 0 Å². The van der Waals surface area contributed by atoms with Gasteiger partial charge in [-0.1, -0.05) is 91.9 Å². The highest BCUT2D eigenvalue weighted by Crippen LogP contribution is 2.37. The van der Waals surface area contributed by atoms with Gasteiger partial charge in [-0.15, -0.1) is 0 Å². The van der Waals surface area contributed by atoms with E-state index in [0.29, 0.717) is 0 Å². The Hall–Kier alpha value is -3.39. The van der Waals surface area contributed by atoms with Crippen LogP contribution < -0.4 is 4.90 Å². The van der Waals surface area contributed by atoms with E-state index >= 15 is 0 Å². The quantitative estimate of drug-likeness (QED) is 0.509. The fourth-order valence-electron chi connectivity index (χ4n) is 3.58. The number of allylic oxidation sites excluding steroid dienone is 1. The van der Waals surface area contributed by atoms with Crippen molar-refractivity contribution in [2.24, 2.45) is 4.99 Å². The largest absolute Gasteiger partial charge is 0.295 e. The fourth-order valence-corrected chi connectivity index (χ4v) is 3.58. The number of hydrogen-bond acceptors (Lipinski definition) is 2. The molecule has 0 amide bonds. The minimum absolute atomic E-state index is 0.872. The zero-order chi connectivity index (χ0) is 19.5. The lowest BCUT2D eigenvalue weighted by molar-refractivity contribution is 1.05. The van der Waals surface area contributed by atoms with Gasteiger partial charge in [0.2, 0.25) is 0 Å². The molecule has 3 aromatic carbocycles. The first-order valence-electron chi connectivity index (χ1n) is 9.67. The second-order valence-electron chi connectivity index (χ2n) is 6.97. The maximum absolute atomic E-state index is 5.17. The van der Waals surface area contributed by atoms with Gasteiger partial charge in [-0.3, -0.25) is 4.90 Å². The molecule has 1 aliphatic rings. The van der Waals surface area contributed by atoms with Crippen molar-refractivity contribution in [3.05, 3.63) is 119 Å². The van der Waals surface area contributed by atoms with Crippen LogP contribution >= 0.6 is 0 Å². The summed E-state index contributed by atoms with van der Waals surface area (Å²) in [6.07, 6.45) is 0.872. The molecule has 28 heavy (non-hydrogen) atoms. The highest BCUT2D eigenvalue weighted by molar-refractivity contribution is 6.16. The Bertz CT molecular complexity index is 1040. The lowest BCUT2D eigenvalue weighted by Gasteiger charge is -2.34. The Labute approximate surface area is 167 Å². The predicted molar refractivity (Wildman–Crippen MR) is 119 cm³/mol. The molecular weight excluding hydrogens is 340 g/mol. The third-order valence-electron chi connectivity index (χ3n) is 5.06. The summed E-state index contributed by atoms with van der Waals surface area (Å²) in [6.45, 7) is 8.75. The third-order valence-corrected chi connectivity index (χ3v) is 5.06. The van der Waals surface area contributed by atoms with E-state index < -0.39 is 0 Å². The molecule has 0 spiro atoms. The van der Waals surface area contributed by atoms with Crippen LogP contribution in [-0.2, 0) is 0 Å². The number of anilines is 1. The summed E-state index contributed by atoms with van der Waals surface area (Å²) in [5, 5.41) is 0. The van der Waals surface area contributed by atoms with Crippen LogP contribution in [0.4, 0.5) is 5.69 Å². The summed E-state index contributed by atoms with van der Waals surface area (Å²) in [5.74, 6) is 0.908. The second-order valence-corrected chi connectivity index (χ2v) is 6.97. The number of aryl methyl sites for hydroxylation is 1. The molecule has 2 nitrogen and oxygen atoms in total. The summed E-state index contributed by atoms with van der Waals surface area (Å²) in [4.78, 5) is 7.35. The Balaban J connectivity index is 1.93. The van der Waals surface area contributed by atoms with E-state index in [-0.39, 0.29) is 0 Å². The predicted octanol–water partition coefficient (Wildman–Crippen LogP) is 6.60. The smallest absolute Gasteiger partial charge is 0.145 e. The van der Waals surface area contributed by atoms with Crippen molar-refractivity contribution in [3.63, 3.8) is 0 Å². The van der Waals surface area contributed by atoms with Crippen molar-refractivity contribution < 1.29 is 0 Å². The summed E-state index contributed by atoms with van der Waals surface area (Å²) in [7, 11) is 0. The van der Waals surface area contributed by atoms with Crippen molar-refractivity contribution in [1.82, 2.24) is 0 Å². The highest BCUT2D eigenvalue weighted by Gasteiger charge is 2.27. The first kappa shape index (κ1) is 18.0. The first-order valence-corrected chi connectivity index (χ1v) is 9.67. The Kier molecular flexibility index (Phi) is 4.94. The van der Waals surface area contributed by atoms with Gasteiger partial charge >= 0.3 is 0 Å². The summed E-state index contributed by atoms with van der Waals surface area (Å²) in [5.41, 5.74) is 7.68. The Morgan fingerprint density at radius 1 is 0.786 bits per heavy atom. The molecule has 0 bridgehead atoms. The third kappa shape index (κ3) is 3.29. The maximum Gasteiger partial charge on any atom is 0.145 e. The molecule has 0 unspecified atom stereocenters. The number of rotatable bonds is 4. The van der Waals surface area contributed by atoms with E-state index in [9.17, 15) is 0 Å². The number of aliphatic imine (C=N–C) groups is 1. The number of nitrogens with zero attached hydrogens (tertiary/aromatic N) is 2. The van der Waals surface area contributed by atoms with Crippen LogP contribution in [-0.4, -0.2) is 5.84 Å². The molecular formula is C26H24N2. The lowest BCUT2D eigenvalue weighted by Crippen LogP contribution is -2.34. The molecule has 0 N–H and O–H groups in total. The minimum Gasteiger partial charge on any atom is -0.295 e. The van der Waals surface area contributed by atoms with Crippen LogP contribution in [0.15, 0.2) is 108 Å². The van der Waals surface area contributed by atoms with Gasteiger partial charge in [0.05, 0.1) is 5.70 Å². The molecule has 0 atom stereocenters. The van der Waals surface area contributed by atoms with Gasteiger partial charge in [0.1, 0.15) is 5.84 Å². The van der Waals surface area contributed by atoms with Crippen LogP contribution in [0, 0.1) is 6.92 Å². The normalized spacial score (nSPS) is 14.3. The summed E-state index contributed by atoms with van der Waals surface area (Å²) in [6, 6.07) is 29.3. The molecule has 3 aromatic rings. The Morgan fingerprint density at radius 2 is 1.36 bits per heavy atom. The zero-order valence-electron chi connectivity index (χ0n) is 16.4. The SMILES string of the molecule is C=C1C(CC)=C(c2ccccc2)N=C(c2ccccc2)N1c1ccc(C)cc1. The van der Waals surface area contributed by atoms with E-state index in [4.69, 9.17) is 4.99 Å². The van der Waals surface area contributed by atoms with Gasteiger partial charge in [0.25, 0.3) is 0 Å². The molecule has 0 aromatic heterocycles. The number of hydrogen-bond donors (Lipinski definition) is 0. The fraction of sp³-hybridized carbons (Fsp3) is 0.115. The second kappa shape index (κ2) is 7.69. The molecule has 4 rings (SSSR count). The molecule has 2 heteroatoms. The standard InChI is InChI=1S/C26H24N2/c1-4-24-20(3)28(23-17-15-19(2)16-18-23)26(22-13-9-6-10-14-22)27-25(24)21-11-7-5-8-12-21/h5-18H,3-4H2,1-2H3. The summed E-state index contributed by atoms with van der Waals surface area (Å²) >= 11 is 0. The molecule has 0 saturated carbocycles. The topological polar surface area (TPSA) is 15.6 Å². The van der Waals surface area contributed by atoms with Gasteiger partial charge in [0, 0.05) is 28.1 Å². The van der Waals surface area contributed by atoms with Crippen LogP contribution in [0.2, 0.25) is 0 Å². The molecule has 138 valence electrons. The average Bonchev–Trinajstić information content (AvgIpc) is 2.75. The zero-order valence-corrected chi connectivity index (χ0v) is 16.4. The molecule has 0 radical (unpaired) electrons. The monoisotopic (exact) mass is 364 g/mol. The van der Waals surface area contributed by atoms with E-state index in [1.807, 2.05) is 12.1 Å². The van der Waals surface area contributed by atoms with Gasteiger partial charge in [-0.2, -0.15) is 0 Å². The van der Waals surface area contributed by atoms with Crippen molar-refractivity contribution in [3.8, 4) is 0 Å². The van der Waals surface area contributed by atoms with Crippen LogP contribution in [0.25, 0.3) is 5.70 Å². The minimum atomic E-state index is 0.872. The van der Waals surface area contributed by atoms with Crippen molar-refractivity contribution in [2.45, 2.75) is 20.3 Å². The Morgan fingerprint density at radius 3 is 1.93 bits per heavy atom. The van der Waals surface area contributed by atoms with E-state index in [0.717, 1.165) is 40.5 Å². The molecule has 1 heterocycles. The van der Waals surface area contributed by atoms with E-state index in [1.54, 1.807) is 0 Å². The number of benzene rings is 3. The van der Waals surface area contributed by atoms with Crippen molar-refractivity contribution >= 4 is 17.2 Å². The average molecular weight is 364 g/mol. The molecule has 1 aliphatic heterocycles. The van der Waals surface area contributed by atoms with Crippen LogP contribution in [0.5, 0.6) is 0 Å². The van der Waals surface area contributed by atoms with Gasteiger partial charge in [-0.05, 0) is 25.5 Å². The van der Waals surface area contributed by atoms with Gasteiger partial charge in [-0.25, -0.2) is 4.99 Å². The molecule has 0 fully saturated rings. The van der Waals surface area contributed by atoms with E-state index in [2.05, 4.69) is 98.1 Å². The molecule has 0 saturated heterocycles. The lowest BCUT2D eigenvalue weighted by atomic mass is 9.97. The van der Waals surface area contributed by atoms with Crippen LogP contribution in [0.1, 0.15) is 30.0 Å². The van der Waals surface area contributed by atoms with Crippen molar-refractivity contribution in [1.29, 1.82) is 0 Å². The highest BCUT2D eigenvalue weighted by atomic mass is 15.2. The van der Waals surface area contributed by atoms with Gasteiger partial charge in [0.15, 0.2) is 0 Å². The number of amidine groups is 1.